The van der Waals surface area contributed by atoms with Gasteiger partial charge in [0, 0.05) is 29.7 Å². The zero-order valence-corrected chi connectivity index (χ0v) is 13.9. The Morgan fingerprint density at radius 3 is 2.95 bits per heavy atom. The van der Waals surface area contributed by atoms with E-state index in [1.165, 1.54) is 12.8 Å². The van der Waals surface area contributed by atoms with Crippen molar-refractivity contribution in [2.75, 3.05) is 11.9 Å². The van der Waals surface area contributed by atoms with Crippen molar-refractivity contribution in [3.63, 3.8) is 0 Å². The first-order valence-corrected chi connectivity index (χ1v) is 7.19. The molecule has 1 fully saturated rings. The summed E-state index contributed by atoms with van der Waals surface area (Å²) in [5.41, 5.74) is 1.79. The highest BCUT2D eigenvalue weighted by atomic mass is 35.5. The molecule has 1 saturated heterocycles. The van der Waals surface area contributed by atoms with Crippen molar-refractivity contribution in [1.82, 2.24) is 10.3 Å². The average molecular weight is 342 g/mol. The largest absolute Gasteiger partial charge is 0.326 e. The molecule has 3 rings (SSSR count). The van der Waals surface area contributed by atoms with Gasteiger partial charge in [-0.15, -0.1) is 24.8 Å². The van der Waals surface area contributed by atoms with E-state index in [9.17, 15) is 4.79 Å². The van der Waals surface area contributed by atoms with E-state index in [1.54, 1.807) is 6.20 Å². The number of halogens is 2. The minimum atomic E-state index is 0. The van der Waals surface area contributed by atoms with Crippen LogP contribution in [0.15, 0.2) is 36.5 Å². The van der Waals surface area contributed by atoms with Gasteiger partial charge in [0.1, 0.15) is 0 Å². The molecule has 1 aromatic carbocycles. The number of hydrogen-bond donors (Lipinski definition) is 2. The van der Waals surface area contributed by atoms with Crippen molar-refractivity contribution in [3.05, 3.63) is 36.5 Å². The Morgan fingerprint density at radius 1 is 1.32 bits per heavy atom. The van der Waals surface area contributed by atoms with Crippen molar-refractivity contribution in [3.8, 4) is 0 Å². The number of amides is 1. The molecule has 22 heavy (non-hydrogen) atoms. The third-order valence-corrected chi connectivity index (χ3v) is 3.77. The van der Waals surface area contributed by atoms with E-state index in [1.807, 2.05) is 30.3 Å². The second-order valence-corrected chi connectivity index (χ2v) is 5.29. The molecule has 2 N–H and O–H groups in total. The highest BCUT2D eigenvalue weighted by molar-refractivity contribution is 5.93. The molecule has 2 aromatic rings. The predicted molar refractivity (Wildman–Crippen MR) is 95.1 cm³/mol. The third kappa shape index (κ3) is 4.83. The average Bonchev–Trinajstić information content (AvgIpc) is 2.98. The smallest absolute Gasteiger partial charge is 0.224 e. The van der Waals surface area contributed by atoms with Crippen LogP contribution in [0, 0.1) is 0 Å². The summed E-state index contributed by atoms with van der Waals surface area (Å²) in [5.74, 6) is 0.0851. The van der Waals surface area contributed by atoms with Gasteiger partial charge < -0.3 is 10.6 Å². The molecule has 2 heterocycles. The van der Waals surface area contributed by atoms with Crippen LogP contribution in [-0.4, -0.2) is 23.5 Å². The summed E-state index contributed by atoms with van der Waals surface area (Å²) >= 11 is 0. The topological polar surface area (TPSA) is 54.0 Å². The molecule has 0 radical (unpaired) electrons. The molecule has 0 aliphatic carbocycles. The van der Waals surface area contributed by atoms with Crippen LogP contribution in [0.1, 0.15) is 25.7 Å². The number of anilines is 1. The maximum atomic E-state index is 12.0. The number of nitrogens with one attached hydrogen (secondary N) is 2. The minimum Gasteiger partial charge on any atom is -0.326 e. The molecule has 6 heteroatoms. The Morgan fingerprint density at radius 2 is 2.18 bits per heavy atom. The fourth-order valence-electron chi connectivity index (χ4n) is 2.69. The van der Waals surface area contributed by atoms with Gasteiger partial charge >= 0.3 is 0 Å². The number of pyridine rings is 1. The predicted octanol–water partition coefficient (Wildman–Crippen LogP) is 3.55. The van der Waals surface area contributed by atoms with Gasteiger partial charge in [0.25, 0.3) is 0 Å². The first kappa shape index (κ1) is 18.7. The van der Waals surface area contributed by atoms with Gasteiger partial charge in [0.2, 0.25) is 5.91 Å². The number of hydrogen-bond acceptors (Lipinski definition) is 3. The van der Waals surface area contributed by atoms with Gasteiger partial charge in [-0.1, -0.05) is 6.07 Å². The SMILES string of the molecule is Cl.Cl.O=C(CCC1CCCN1)Nc1ccc2ncccc2c1. The summed E-state index contributed by atoms with van der Waals surface area (Å²) in [6.45, 7) is 1.09. The summed E-state index contributed by atoms with van der Waals surface area (Å²) in [7, 11) is 0. The van der Waals surface area contributed by atoms with E-state index in [0.717, 1.165) is 29.6 Å². The van der Waals surface area contributed by atoms with E-state index >= 15 is 0 Å². The molecular formula is C16H21Cl2N3O. The summed E-state index contributed by atoms with van der Waals surface area (Å²) in [6, 6.07) is 10.2. The fourth-order valence-corrected chi connectivity index (χ4v) is 2.69. The van der Waals surface area contributed by atoms with E-state index in [2.05, 4.69) is 15.6 Å². The molecule has 120 valence electrons. The molecule has 4 nitrogen and oxygen atoms in total. The lowest BCUT2D eigenvalue weighted by molar-refractivity contribution is -0.116. The molecule has 1 amide bonds. The lowest BCUT2D eigenvalue weighted by atomic mass is 10.1. The van der Waals surface area contributed by atoms with Crippen molar-refractivity contribution in [1.29, 1.82) is 0 Å². The minimum absolute atomic E-state index is 0. The summed E-state index contributed by atoms with van der Waals surface area (Å²) in [6.07, 6.45) is 5.68. The third-order valence-electron chi connectivity index (χ3n) is 3.77. The second kappa shape index (κ2) is 8.93. The highest BCUT2D eigenvalue weighted by Crippen LogP contribution is 2.18. The van der Waals surface area contributed by atoms with Crippen LogP contribution in [0.2, 0.25) is 0 Å². The molecule has 1 aliphatic heterocycles. The van der Waals surface area contributed by atoms with Crippen molar-refractivity contribution >= 4 is 47.3 Å². The Balaban J connectivity index is 0.00000121. The monoisotopic (exact) mass is 341 g/mol. The lowest BCUT2D eigenvalue weighted by Gasteiger charge is -2.10. The Hall–Kier alpha value is -1.36. The maximum Gasteiger partial charge on any atom is 0.224 e. The molecule has 0 bridgehead atoms. The zero-order chi connectivity index (χ0) is 13.8. The van der Waals surface area contributed by atoms with Crippen LogP contribution in [0.4, 0.5) is 5.69 Å². The van der Waals surface area contributed by atoms with Gasteiger partial charge in [0.05, 0.1) is 5.52 Å². The van der Waals surface area contributed by atoms with Crippen LogP contribution in [0.5, 0.6) is 0 Å². The van der Waals surface area contributed by atoms with Crippen LogP contribution in [0.3, 0.4) is 0 Å². The number of fused-ring (bicyclic) bond motifs is 1. The van der Waals surface area contributed by atoms with E-state index < -0.39 is 0 Å². The lowest BCUT2D eigenvalue weighted by Crippen LogP contribution is -2.23. The molecule has 0 spiro atoms. The number of nitrogens with zero attached hydrogens (tertiary/aromatic N) is 1. The van der Waals surface area contributed by atoms with Crippen molar-refractivity contribution in [2.24, 2.45) is 0 Å². The fraction of sp³-hybridized carbons (Fsp3) is 0.375. The van der Waals surface area contributed by atoms with Crippen molar-refractivity contribution < 1.29 is 4.79 Å². The van der Waals surface area contributed by atoms with E-state index in [4.69, 9.17) is 0 Å². The summed E-state index contributed by atoms with van der Waals surface area (Å²) in [4.78, 5) is 16.2. The Kier molecular flexibility index (Phi) is 7.59. The van der Waals surface area contributed by atoms with Crippen LogP contribution < -0.4 is 10.6 Å². The first-order chi connectivity index (χ1) is 9.81. The quantitative estimate of drug-likeness (QED) is 0.893. The molecule has 0 saturated carbocycles. The molecule has 1 unspecified atom stereocenters. The summed E-state index contributed by atoms with van der Waals surface area (Å²) in [5, 5.41) is 7.42. The number of carbonyl (C=O) groups is 1. The van der Waals surface area contributed by atoms with Gasteiger partial charge in [-0.3, -0.25) is 9.78 Å². The number of aromatic nitrogens is 1. The summed E-state index contributed by atoms with van der Waals surface area (Å²) < 4.78 is 0. The van der Waals surface area contributed by atoms with Crippen molar-refractivity contribution in [2.45, 2.75) is 31.7 Å². The van der Waals surface area contributed by atoms with E-state index in [-0.39, 0.29) is 30.7 Å². The molecule has 1 aliphatic rings. The molecule has 1 atom stereocenters. The number of benzene rings is 1. The molecular weight excluding hydrogens is 321 g/mol. The van der Waals surface area contributed by atoms with Crippen LogP contribution in [-0.2, 0) is 4.79 Å². The van der Waals surface area contributed by atoms with Gasteiger partial charge in [-0.05, 0) is 50.1 Å². The van der Waals surface area contributed by atoms with Gasteiger partial charge in [0.15, 0.2) is 0 Å². The van der Waals surface area contributed by atoms with Gasteiger partial charge in [-0.2, -0.15) is 0 Å². The number of rotatable bonds is 4. The molecule has 1 aromatic heterocycles. The standard InChI is InChI=1S/C16H19N3O.2ClH/c20-16(8-6-13-4-2-9-17-13)19-14-5-7-15-12(11-14)3-1-10-18-15;;/h1,3,5,7,10-11,13,17H,2,4,6,8-9H2,(H,19,20);2*1H. The Labute approximate surface area is 142 Å². The zero-order valence-electron chi connectivity index (χ0n) is 12.2. The first-order valence-electron chi connectivity index (χ1n) is 7.19. The Bertz CT molecular complexity index is 615. The maximum absolute atomic E-state index is 12.0. The normalized spacial score (nSPS) is 16.6. The highest BCUT2D eigenvalue weighted by Gasteiger charge is 2.15. The second-order valence-electron chi connectivity index (χ2n) is 5.29. The van der Waals surface area contributed by atoms with E-state index in [0.29, 0.717) is 12.5 Å². The number of carbonyl (C=O) groups excluding carboxylic acids is 1. The van der Waals surface area contributed by atoms with Gasteiger partial charge in [-0.25, -0.2) is 0 Å². The van der Waals surface area contributed by atoms with Crippen LogP contribution >= 0.6 is 24.8 Å². The van der Waals surface area contributed by atoms with Crippen LogP contribution in [0.25, 0.3) is 10.9 Å².